The Kier molecular flexibility index (Phi) is 5.92. The predicted octanol–water partition coefficient (Wildman–Crippen LogP) is 3.98. The molecule has 0 radical (unpaired) electrons. The summed E-state index contributed by atoms with van der Waals surface area (Å²) >= 11 is 0. The molecule has 2 aliphatic rings. The van der Waals surface area contributed by atoms with Crippen molar-refractivity contribution >= 4 is 16.9 Å². The van der Waals surface area contributed by atoms with Gasteiger partial charge in [0.2, 0.25) is 0 Å². The van der Waals surface area contributed by atoms with Gasteiger partial charge in [0.1, 0.15) is 11.3 Å². The van der Waals surface area contributed by atoms with E-state index in [1.165, 1.54) is 25.4 Å². The fourth-order valence-corrected chi connectivity index (χ4v) is 4.05. The van der Waals surface area contributed by atoms with Gasteiger partial charge in [-0.25, -0.2) is 0 Å². The van der Waals surface area contributed by atoms with Crippen molar-refractivity contribution in [2.75, 3.05) is 20.3 Å². The van der Waals surface area contributed by atoms with Crippen LogP contribution < -0.4 is 5.32 Å². The lowest BCUT2D eigenvalue weighted by Crippen LogP contribution is -2.52. The number of carbonyl (C=O) groups excluding carboxylic acids is 1. The summed E-state index contributed by atoms with van der Waals surface area (Å²) < 4.78 is 10.7. The number of furan rings is 1. The molecule has 5 nitrogen and oxygen atoms in total. The smallest absolute Gasteiger partial charge is 0.256 e. The molecule has 27 heavy (non-hydrogen) atoms. The summed E-state index contributed by atoms with van der Waals surface area (Å²) in [5.41, 5.74) is 1.41. The lowest BCUT2D eigenvalue weighted by molar-refractivity contribution is 0.0597. The number of hydrogen-bond acceptors (Lipinski definition) is 4. The minimum Gasteiger partial charge on any atom is -0.461 e. The third kappa shape index (κ3) is 4.53. The second-order valence-electron chi connectivity index (χ2n) is 8.33. The molecule has 0 bridgehead atoms. The van der Waals surface area contributed by atoms with E-state index < -0.39 is 5.54 Å². The first-order chi connectivity index (χ1) is 12.9. The zero-order chi connectivity index (χ0) is 19.6. The van der Waals surface area contributed by atoms with E-state index in [1.54, 1.807) is 33.1 Å². The van der Waals surface area contributed by atoms with Crippen molar-refractivity contribution in [1.82, 2.24) is 5.32 Å². The van der Waals surface area contributed by atoms with E-state index >= 15 is 0 Å². The molecule has 2 saturated carbocycles. The van der Waals surface area contributed by atoms with E-state index in [9.17, 15) is 9.90 Å². The van der Waals surface area contributed by atoms with Crippen molar-refractivity contribution in [2.24, 2.45) is 11.8 Å². The molecule has 2 aliphatic carbocycles. The number of aliphatic hydroxyl groups excluding tert-OH is 1. The van der Waals surface area contributed by atoms with Crippen LogP contribution in [-0.4, -0.2) is 36.9 Å². The van der Waals surface area contributed by atoms with Crippen LogP contribution in [0.3, 0.4) is 0 Å². The topological polar surface area (TPSA) is 71.7 Å². The maximum Gasteiger partial charge on any atom is 0.256 e. The maximum absolute atomic E-state index is 12.6. The molecule has 1 aromatic carbocycles. The van der Waals surface area contributed by atoms with E-state index in [4.69, 9.17) is 9.15 Å². The standard InChI is InChI=1S/C16H21NO4.C6H10/c1-10-5-6-13-12(7-10)14(11(2)21-13)15(19)17-16(3,8-18)9-20-4;1-2-5-4-6(5)3-1/h5-7,18H,8-9H2,1-4H3,(H,17,19);5-6H,1-4H2. The highest BCUT2D eigenvalue weighted by Gasteiger charge is 2.40. The van der Waals surface area contributed by atoms with Gasteiger partial charge in [0.15, 0.2) is 0 Å². The minimum atomic E-state index is -0.828. The van der Waals surface area contributed by atoms with Gasteiger partial charge in [0.25, 0.3) is 5.91 Å². The molecule has 2 aromatic rings. The second-order valence-corrected chi connectivity index (χ2v) is 8.33. The Labute approximate surface area is 161 Å². The average molecular weight is 373 g/mol. The van der Waals surface area contributed by atoms with Crippen LogP contribution in [0.1, 0.15) is 54.3 Å². The molecule has 2 N–H and O–H groups in total. The fourth-order valence-electron chi connectivity index (χ4n) is 4.05. The van der Waals surface area contributed by atoms with Crippen molar-refractivity contribution < 1.29 is 19.1 Å². The van der Waals surface area contributed by atoms with E-state index in [2.05, 4.69) is 5.32 Å². The number of benzene rings is 1. The molecule has 0 aliphatic heterocycles. The highest BCUT2D eigenvalue weighted by molar-refractivity contribution is 6.07. The van der Waals surface area contributed by atoms with Gasteiger partial charge in [0, 0.05) is 12.5 Å². The highest BCUT2D eigenvalue weighted by Crippen LogP contribution is 2.51. The predicted molar refractivity (Wildman–Crippen MR) is 106 cm³/mol. The maximum atomic E-state index is 12.6. The molecule has 5 heteroatoms. The lowest BCUT2D eigenvalue weighted by Gasteiger charge is -2.27. The molecule has 148 valence electrons. The van der Waals surface area contributed by atoms with E-state index in [0.717, 1.165) is 10.9 Å². The first-order valence-electron chi connectivity index (χ1n) is 9.79. The van der Waals surface area contributed by atoms with E-state index in [-0.39, 0.29) is 19.1 Å². The summed E-state index contributed by atoms with van der Waals surface area (Å²) in [7, 11) is 1.53. The Hall–Kier alpha value is -1.85. The SMILES string of the molecule is C1CC2CC2C1.COCC(C)(CO)NC(=O)c1c(C)oc2ccc(C)cc12. The van der Waals surface area contributed by atoms with Crippen LogP contribution in [0.5, 0.6) is 0 Å². The van der Waals surface area contributed by atoms with Crippen molar-refractivity contribution in [3.8, 4) is 0 Å². The molecule has 4 rings (SSSR count). The molecule has 1 aromatic heterocycles. The number of rotatable bonds is 5. The van der Waals surface area contributed by atoms with Gasteiger partial charge < -0.3 is 19.6 Å². The van der Waals surface area contributed by atoms with Crippen molar-refractivity contribution in [3.05, 3.63) is 35.1 Å². The largest absolute Gasteiger partial charge is 0.461 e. The third-order valence-electron chi connectivity index (χ3n) is 5.69. The quantitative estimate of drug-likeness (QED) is 0.831. The molecule has 0 spiro atoms. The average Bonchev–Trinajstić information content (AvgIpc) is 3.07. The number of carbonyl (C=O) groups is 1. The summed E-state index contributed by atoms with van der Waals surface area (Å²) in [6, 6.07) is 5.72. The fraction of sp³-hybridized carbons (Fsp3) is 0.591. The van der Waals surface area contributed by atoms with Crippen molar-refractivity contribution in [2.45, 2.75) is 52.0 Å². The van der Waals surface area contributed by atoms with Crippen LogP contribution in [0.4, 0.5) is 0 Å². The molecule has 3 atom stereocenters. The monoisotopic (exact) mass is 373 g/mol. The van der Waals surface area contributed by atoms with Crippen molar-refractivity contribution in [3.63, 3.8) is 0 Å². The number of ether oxygens (including phenoxy) is 1. The number of aryl methyl sites for hydroxylation is 2. The molecule has 3 unspecified atom stereocenters. The van der Waals surface area contributed by atoms with E-state index in [1.807, 2.05) is 25.1 Å². The van der Waals surface area contributed by atoms with E-state index in [0.29, 0.717) is 16.9 Å². The Morgan fingerprint density at radius 3 is 2.56 bits per heavy atom. The normalized spacial score (nSPS) is 22.6. The Bertz CT molecular complexity index is 804. The second kappa shape index (κ2) is 8.03. The molecule has 0 saturated heterocycles. The zero-order valence-electron chi connectivity index (χ0n) is 16.8. The Morgan fingerprint density at radius 1 is 1.33 bits per heavy atom. The van der Waals surface area contributed by atoms with Crippen molar-refractivity contribution in [1.29, 1.82) is 0 Å². The van der Waals surface area contributed by atoms with Gasteiger partial charge in [0.05, 0.1) is 24.3 Å². The first kappa shape index (κ1) is 19.9. The van der Waals surface area contributed by atoms with Crippen LogP contribution in [0.25, 0.3) is 11.0 Å². The van der Waals surface area contributed by atoms with Crippen LogP contribution in [0, 0.1) is 25.7 Å². The number of nitrogens with one attached hydrogen (secondary N) is 1. The molecular weight excluding hydrogens is 342 g/mol. The van der Waals surface area contributed by atoms with Gasteiger partial charge in [-0.2, -0.15) is 0 Å². The van der Waals surface area contributed by atoms with Crippen LogP contribution in [0.2, 0.25) is 0 Å². The Balaban J connectivity index is 0.000000290. The third-order valence-corrected chi connectivity index (χ3v) is 5.69. The summed E-state index contributed by atoms with van der Waals surface area (Å²) in [6.45, 7) is 5.48. The molecule has 1 heterocycles. The van der Waals surface area contributed by atoms with Gasteiger partial charge in [-0.05, 0) is 51.2 Å². The van der Waals surface area contributed by atoms with Crippen LogP contribution >= 0.6 is 0 Å². The minimum absolute atomic E-state index is 0.208. The van der Waals surface area contributed by atoms with Gasteiger partial charge in [-0.1, -0.05) is 30.9 Å². The summed E-state index contributed by atoms with van der Waals surface area (Å²) in [6.07, 6.45) is 6.24. The molecule has 1 amide bonds. The lowest BCUT2D eigenvalue weighted by atomic mass is 10.0. The van der Waals surface area contributed by atoms with Gasteiger partial charge in [-0.3, -0.25) is 4.79 Å². The summed E-state index contributed by atoms with van der Waals surface area (Å²) in [5.74, 6) is 2.71. The molecule has 2 fully saturated rings. The number of amides is 1. The number of aliphatic hydroxyl groups is 1. The van der Waals surface area contributed by atoms with Gasteiger partial charge >= 0.3 is 0 Å². The Morgan fingerprint density at radius 2 is 2.04 bits per heavy atom. The van der Waals surface area contributed by atoms with Gasteiger partial charge in [-0.15, -0.1) is 0 Å². The highest BCUT2D eigenvalue weighted by atomic mass is 16.5. The summed E-state index contributed by atoms with van der Waals surface area (Å²) in [5, 5.41) is 13.1. The number of methoxy groups -OCH3 is 1. The molecular formula is C22H31NO4. The number of fused-ring (bicyclic) bond motifs is 2. The first-order valence-corrected chi connectivity index (χ1v) is 9.79. The zero-order valence-corrected chi connectivity index (χ0v) is 16.8. The number of hydrogen-bond donors (Lipinski definition) is 2. The summed E-state index contributed by atoms with van der Waals surface area (Å²) in [4.78, 5) is 12.6. The van der Waals surface area contributed by atoms with Crippen LogP contribution in [0.15, 0.2) is 22.6 Å². The van der Waals surface area contributed by atoms with Crippen LogP contribution in [-0.2, 0) is 4.74 Å².